The van der Waals surface area contributed by atoms with Crippen LogP contribution in [0.5, 0.6) is 5.75 Å². The summed E-state index contributed by atoms with van der Waals surface area (Å²) in [5.74, 6) is -1.55. The van der Waals surface area contributed by atoms with Crippen molar-refractivity contribution in [3.63, 3.8) is 0 Å². The number of amides is 1. The standard InChI is InChI=1S/C19H24FN3O3/c1-11-5-6-12-9-13(20)10-14-16(12)23(11)19(26)15(17(14)24)18(25)21-7-4-8-22(2)3/h9-11,24H,4-8H2,1-3H3,(H,21,25). The van der Waals surface area contributed by atoms with Crippen molar-refractivity contribution in [2.75, 3.05) is 27.2 Å². The number of aromatic hydroxyl groups is 1. The van der Waals surface area contributed by atoms with Crippen LogP contribution in [0.15, 0.2) is 16.9 Å². The smallest absolute Gasteiger partial charge is 0.267 e. The Labute approximate surface area is 151 Å². The van der Waals surface area contributed by atoms with E-state index in [9.17, 15) is 19.1 Å². The van der Waals surface area contributed by atoms with Crippen LogP contribution in [0.3, 0.4) is 0 Å². The number of hydrogen-bond donors (Lipinski definition) is 2. The zero-order valence-electron chi connectivity index (χ0n) is 15.3. The van der Waals surface area contributed by atoms with Crippen LogP contribution in [0.1, 0.15) is 41.7 Å². The van der Waals surface area contributed by atoms with Gasteiger partial charge in [-0.15, -0.1) is 0 Å². The SMILES string of the molecule is CC1CCc2cc(F)cc3c(O)c(C(=O)NCCCN(C)C)c(=O)n1c23. The molecular formula is C19H24FN3O3. The second-order valence-corrected chi connectivity index (χ2v) is 7.16. The maximum absolute atomic E-state index is 14.0. The van der Waals surface area contributed by atoms with E-state index in [0.29, 0.717) is 30.5 Å². The van der Waals surface area contributed by atoms with Crippen molar-refractivity contribution < 1.29 is 14.3 Å². The van der Waals surface area contributed by atoms with E-state index in [0.717, 1.165) is 13.0 Å². The zero-order chi connectivity index (χ0) is 19.0. The first kappa shape index (κ1) is 18.4. The van der Waals surface area contributed by atoms with Gasteiger partial charge in [0, 0.05) is 18.0 Å². The monoisotopic (exact) mass is 361 g/mol. The molecule has 0 spiro atoms. The fourth-order valence-electron chi connectivity index (χ4n) is 3.57. The number of aryl methyl sites for hydroxylation is 1. The summed E-state index contributed by atoms with van der Waals surface area (Å²) in [6.07, 6.45) is 2.03. The van der Waals surface area contributed by atoms with Gasteiger partial charge in [0.15, 0.2) is 0 Å². The molecule has 0 bridgehead atoms. The summed E-state index contributed by atoms with van der Waals surface area (Å²) < 4.78 is 15.5. The number of halogens is 1. The predicted octanol–water partition coefficient (Wildman–Crippen LogP) is 2.03. The Balaban J connectivity index is 2.07. The number of nitrogens with zero attached hydrogens (tertiary/aromatic N) is 2. The molecule has 0 saturated carbocycles. The van der Waals surface area contributed by atoms with E-state index in [4.69, 9.17) is 0 Å². The summed E-state index contributed by atoms with van der Waals surface area (Å²) in [6.45, 7) is 3.07. The first-order chi connectivity index (χ1) is 12.3. The van der Waals surface area contributed by atoms with E-state index in [2.05, 4.69) is 5.32 Å². The molecule has 0 saturated heterocycles. The predicted molar refractivity (Wildman–Crippen MR) is 98.4 cm³/mol. The van der Waals surface area contributed by atoms with E-state index in [1.807, 2.05) is 25.9 Å². The average Bonchev–Trinajstić information content (AvgIpc) is 2.57. The molecule has 2 heterocycles. The van der Waals surface area contributed by atoms with Crippen LogP contribution in [0.4, 0.5) is 4.39 Å². The molecule has 1 aromatic heterocycles. The third kappa shape index (κ3) is 3.19. The zero-order valence-corrected chi connectivity index (χ0v) is 15.3. The topological polar surface area (TPSA) is 74.6 Å². The Morgan fingerprint density at radius 1 is 1.42 bits per heavy atom. The molecule has 7 heteroatoms. The van der Waals surface area contributed by atoms with Crippen LogP contribution in [0.2, 0.25) is 0 Å². The van der Waals surface area contributed by atoms with E-state index >= 15 is 0 Å². The van der Waals surface area contributed by atoms with Crippen molar-refractivity contribution in [2.45, 2.75) is 32.2 Å². The molecular weight excluding hydrogens is 337 g/mol. The Kier molecular flexibility index (Phi) is 5.00. The van der Waals surface area contributed by atoms with Crippen molar-refractivity contribution in [2.24, 2.45) is 0 Å². The van der Waals surface area contributed by atoms with Crippen molar-refractivity contribution in [1.82, 2.24) is 14.8 Å². The van der Waals surface area contributed by atoms with Gasteiger partial charge in [-0.05, 0) is 64.5 Å². The highest BCUT2D eigenvalue weighted by Crippen LogP contribution is 2.35. The molecule has 2 N–H and O–H groups in total. The van der Waals surface area contributed by atoms with Crippen molar-refractivity contribution in [1.29, 1.82) is 0 Å². The molecule has 3 rings (SSSR count). The second-order valence-electron chi connectivity index (χ2n) is 7.16. The summed E-state index contributed by atoms with van der Waals surface area (Å²) >= 11 is 0. The molecule has 1 aromatic carbocycles. The van der Waals surface area contributed by atoms with Crippen LogP contribution in [-0.2, 0) is 6.42 Å². The van der Waals surface area contributed by atoms with Gasteiger partial charge in [0.2, 0.25) is 0 Å². The minimum atomic E-state index is -0.625. The fraction of sp³-hybridized carbons (Fsp3) is 0.474. The quantitative estimate of drug-likeness (QED) is 0.799. The summed E-state index contributed by atoms with van der Waals surface area (Å²) in [7, 11) is 3.86. The lowest BCUT2D eigenvalue weighted by Crippen LogP contribution is -2.36. The molecule has 0 aliphatic carbocycles. The molecule has 140 valence electrons. The van der Waals surface area contributed by atoms with Crippen LogP contribution in [-0.4, -0.2) is 47.7 Å². The largest absolute Gasteiger partial charge is 0.506 e. The number of carbonyl (C=O) groups is 1. The van der Waals surface area contributed by atoms with Gasteiger partial charge in [-0.1, -0.05) is 0 Å². The molecule has 2 aromatic rings. The number of nitrogens with one attached hydrogen (secondary N) is 1. The molecule has 6 nitrogen and oxygen atoms in total. The number of benzene rings is 1. The van der Waals surface area contributed by atoms with Crippen molar-refractivity contribution >= 4 is 16.8 Å². The molecule has 1 unspecified atom stereocenters. The molecule has 26 heavy (non-hydrogen) atoms. The number of rotatable bonds is 5. The van der Waals surface area contributed by atoms with Crippen LogP contribution in [0, 0.1) is 5.82 Å². The number of aromatic nitrogens is 1. The Morgan fingerprint density at radius 2 is 2.15 bits per heavy atom. The van der Waals surface area contributed by atoms with Crippen LogP contribution in [0.25, 0.3) is 10.9 Å². The molecule has 1 amide bonds. The maximum atomic E-state index is 14.0. The van der Waals surface area contributed by atoms with Crippen molar-refractivity contribution in [3.8, 4) is 5.75 Å². The lowest BCUT2D eigenvalue weighted by Gasteiger charge is -2.26. The van der Waals surface area contributed by atoms with Gasteiger partial charge in [0.1, 0.15) is 17.1 Å². The number of pyridine rings is 1. The normalized spacial score (nSPS) is 16.3. The molecule has 1 aliphatic heterocycles. The van der Waals surface area contributed by atoms with E-state index < -0.39 is 23.0 Å². The van der Waals surface area contributed by atoms with Gasteiger partial charge in [-0.2, -0.15) is 0 Å². The molecule has 0 fully saturated rings. The van der Waals surface area contributed by atoms with Crippen molar-refractivity contribution in [3.05, 3.63) is 39.4 Å². The van der Waals surface area contributed by atoms with Gasteiger partial charge in [-0.3, -0.25) is 9.59 Å². The van der Waals surface area contributed by atoms with Gasteiger partial charge in [-0.25, -0.2) is 4.39 Å². The Hall–Kier alpha value is -2.41. The molecule has 0 radical (unpaired) electrons. The van der Waals surface area contributed by atoms with E-state index in [1.165, 1.54) is 16.7 Å². The summed E-state index contributed by atoms with van der Waals surface area (Å²) in [6, 6.07) is 2.46. The summed E-state index contributed by atoms with van der Waals surface area (Å²) in [5, 5.41) is 13.5. The van der Waals surface area contributed by atoms with Gasteiger partial charge in [0.05, 0.1) is 5.52 Å². The van der Waals surface area contributed by atoms with Gasteiger partial charge >= 0.3 is 0 Å². The van der Waals surface area contributed by atoms with Crippen LogP contribution < -0.4 is 10.9 Å². The Bertz CT molecular complexity index is 921. The number of carbonyl (C=O) groups excluding carboxylic acids is 1. The highest BCUT2D eigenvalue weighted by atomic mass is 19.1. The van der Waals surface area contributed by atoms with Crippen LogP contribution >= 0.6 is 0 Å². The van der Waals surface area contributed by atoms with E-state index in [1.54, 1.807) is 0 Å². The van der Waals surface area contributed by atoms with Gasteiger partial charge < -0.3 is 19.9 Å². The first-order valence-electron chi connectivity index (χ1n) is 8.83. The minimum absolute atomic E-state index is 0.121. The van der Waals surface area contributed by atoms with Gasteiger partial charge in [0.25, 0.3) is 11.5 Å². The first-order valence-corrected chi connectivity index (χ1v) is 8.83. The van der Waals surface area contributed by atoms with E-state index in [-0.39, 0.29) is 17.0 Å². The average molecular weight is 361 g/mol. The lowest BCUT2D eigenvalue weighted by atomic mass is 9.95. The fourth-order valence-corrected chi connectivity index (χ4v) is 3.57. The maximum Gasteiger partial charge on any atom is 0.267 e. The number of hydrogen-bond acceptors (Lipinski definition) is 4. The highest BCUT2D eigenvalue weighted by molar-refractivity contribution is 6.03. The molecule has 1 aliphatic rings. The molecule has 1 atom stereocenters. The third-order valence-corrected chi connectivity index (χ3v) is 4.89. The Morgan fingerprint density at radius 3 is 2.85 bits per heavy atom. The lowest BCUT2D eigenvalue weighted by molar-refractivity contribution is 0.0947. The summed E-state index contributed by atoms with van der Waals surface area (Å²) in [4.78, 5) is 27.5. The minimum Gasteiger partial charge on any atom is -0.506 e. The third-order valence-electron chi connectivity index (χ3n) is 4.89. The second kappa shape index (κ2) is 7.07. The highest BCUT2D eigenvalue weighted by Gasteiger charge is 2.28. The summed E-state index contributed by atoms with van der Waals surface area (Å²) in [5.41, 5.74) is 0.369.